The molecule has 1 aromatic carbocycles. The molecular formula is C13H16N2O. The first kappa shape index (κ1) is 12.1. The lowest BCUT2D eigenvalue weighted by Crippen LogP contribution is -2.32. The molecule has 0 saturated heterocycles. The molecule has 0 heterocycles. The summed E-state index contributed by atoms with van der Waals surface area (Å²) in [6.07, 6.45) is 5.70. The van der Waals surface area contributed by atoms with Crippen LogP contribution in [-0.4, -0.2) is 11.9 Å². The van der Waals surface area contributed by atoms with Crippen molar-refractivity contribution in [2.75, 3.05) is 5.73 Å². The second kappa shape index (κ2) is 5.22. The molecule has 0 bridgehead atoms. The highest BCUT2D eigenvalue weighted by Crippen LogP contribution is 2.12. The highest BCUT2D eigenvalue weighted by atomic mass is 16.1. The number of amides is 1. The van der Waals surface area contributed by atoms with Gasteiger partial charge >= 0.3 is 0 Å². The molecule has 1 amide bonds. The summed E-state index contributed by atoms with van der Waals surface area (Å²) < 4.78 is 0. The number of carbonyl (C=O) groups is 1. The van der Waals surface area contributed by atoms with Gasteiger partial charge in [0, 0.05) is 23.7 Å². The zero-order chi connectivity index (χ0) is 12.1. The largest absolute Gasteiger partial charge is 0.399 e. The summed E-state index contributed by atoms with van der Waals surface area (Å²) in [5, 5.41) is 2.82. The monoisotopic (exact) mass is 216 g/mol. The van der Waals surface area contributed by atoms with Crippen LogP contribution in [0.2, 0.25) is 0 Å². The molecule has 0 aliphatic carbocycles. The highest BCUT2D eigenvalue weighted by molar-refractivity contribution is 5.95. The molecule has 0 aliphatic heterocycles. The van der Waals surface area contributed by atoms with E-state index in [9.17, 15) is 4.79 Å². The Morgan fingerprint density at radius 1 is 1.62 bits per heavy atom. The van der Waals surface area contributed by atoms with E-state index < -0.39 is 0 Å². The van der Waals surface area contributed by atoms with E-state index in [-0.39, 0.29) is 11.9 Å². The van der Waals surface area contributed by atoms with Crippen molar-refractivity contribution in [3.8, 4) is 12.3 Å². The van der Waals surface area contributed by atoms with Gasteiger partial charge < -0.3 is 11.1 Å². The molecule has 84 valence electrons. The summed E-state index contributed by atoms with van der Waals surface area (Å²) in [5.41, 5.74) is 7.87. The molecule has 0 aliphatic rings. The maximum Gasteiger partial charge on any atom is 0.251 e. The lowest BCUT2D eigenvalue weighted by Gasteiger charge is -2.11. The van der Waals surface area contributed by atoms with Crippen LogP contribution in [0.1, 0.15) is 29.3 Å². The van der Waals surface area contributed by atoms with Crippen LogP contribution in [0.25, 0.3) is 0 Å². The number of rotatable bonds is 3. The maximum absolute atomic E-state index is 11.8. The number of nitrogens with two attached hydrogens (primary N) is 1. The van der Waals surface area contributed by atoms with Crippen LogP contribution in [0.15, 0.2) is 18.2 Å². The molecule has 1 aromatic rings. The number of anilines is 1. The molecule has 0 spiro atoms. The third-order valence-electron chi connectivity index (χ3n) is 2.33. The SMILES string of the molecule is C#CCC(C)NC(=O)c1ccc(N)c(C)c1. The van der Waals surface area contributed by atoms with E-state index in [1.165, 1.54) is 0 Å². The van der Waals surface area contributed by atoms with Crippen molar-refractivity contribution in [3.05, 3.63) is 29.3 Å². The first-order valence-corrected chi connectivity index (χ1v) is 5.15. The zero-order valence-corrected chi connectivity index (χ0v) is 9.58. The van der Waals surface area contributed by atoms with Gasteiger partial charge in [-0.25, -0.2) is 0 Å². The molecule has 3 nitrogen and oxygen atoms in total. The fourth-order valence-corrected chi connectivity index (χ4v) is 1.35. The highest BCUT2D eigenvalue weighted by Gasteiger charge is 2.09. The van der Waals surface area contributed by atoms with E-state index in [4.69, 9.17) is 12.2 Å². The molecule has 0 saturated carbocycles. The van der Waals surface area contributed by atoms with Crippen molar-refractivity contribution in [1.82, 2.24) is 5.32 Å². The van der Waals surface area contributed by atoms with Gasteiger partial charge in [0.2, 0.25) is 0 Å². The lowest BCUT2D eigenvalue weighted by atomic mass is 10.1. The van der Waals surface area contributed by atoms with Crippen molar-refractivity contribution in [2.45, 2.75) is 26.3 Å². The molecular weight excluding hydrogens is 200 g/mol. The number of nitrogen functional groups attached to an aromatic ring is 1. The minimum Gasteiger partial charge on any atom is -0.399 e. The Bertz CT molecular complexity index is 432. The van der Waals surface area contributed by atoms with Gasteiger partial charge in [-0.15, -0.1) is 12.3 Å². The van der Waals surface area contributed by atoms with E-state index in [1.807, 2.05) is 13.8 Å². The average Bonchev–Trinajstić information content (AvgIpc) is 2.22. The van der Waals surface area contributed by atoms with Gasteiger partial charge in [-0.1, -0.05) is 0 Å². The number of hydrogen-bond acceptors (Lipinski definition) is 2. The average molecular weight is 216 g/mol. The minimum atomic E-state index is -0.120. The summed E-state index contributed by atoms with van der Waals surface area (Å²) in [4.78, 5) is 11.8. The van der Waals surface area contributed by atoms with Gasteiger partial charge in [0.15, 0.2) is 0 Å². The molecule has 3 heteroatoms. The van der Waals surface area contributed by atoms with E-state index in [0.29, 0.717) is 17.7 Å². The second-order valence-electron chi connectivity index (χ2n) is 3.85. The molecule has 0 aromatic heterocycles. The molecule has 0 fully saturated rings. The number of carbonyl (C=O) groups excluding carboxylic acids is 1. The second-order valence-corrected chi connectivity index (χ2v) is 3.85. The van der Waals surface area contributed by atoms with Gasteiger partial charge in [-0.2, -0.15) is 0 Å². The van der Waals surface area contributed by atoms with E-state index >= 15 is 0 Å². The number of benzene rings is 1. The summed E-state index contributed by atoms with van der Waals surface area (Å²) in [5.74, 6) is 2.39. The third-order valence-corrected chi connectivity index (χ3v) is 2.33. The summed E-state index contributed by atoms with van der Waals surface area (Å²) >= 11 is 0. The Kier molecular flexibility index (Phi) is 3.96. The molecule has 0 radical (unpaired) electrons. The molecule has 1 rings (SSSR count). The normalized spacial score (nSPS) is 11.6. The van der Waals surface area contributed by atoms with E-state index in [1.54, 1.807) is 18.2 Å². The van der Waals surface area contributed by atoms with Crippen molar-refractivity contribution >= 4 is 11.6 Å². The number of terminal acetylenes is 1. The van der Waals surface area contributed by atoms with Crippen LogP contribution >= 0.6 is 0 Å². The van der Waals surface area contributed by atoms with Crippen LogP contribution in [0.3, 0.4) is 0 Å². The smallest absolute Gasteiger partial charge is 0.251 e. The van der Waals surface area contributed by atoms with Crippen molar-refractivity contribution in [3.63, 3.8) is 0 Å². The Hall–Kier alpha value is -1.95. The minimum absolute atomic E-state index is 0.0182. The number of aryl methyl sites for hydroxylation is 1. The van der Waals surface area contributed by atoms with Gasteiger partial charge in [-0.3, -0.25) is 4.79 Å². The fourth-order valence-electron chi connectivity index (χ4n) is 1.35. The first-order valence-electron chi connectivity index (χ1n) is 5.15. The van der Waals surface area contributed by atoms with Gasteiger partial charge in [0.05, 0.1) is 0 Å². The molecule has 16 heavy (non-hydrogen) atoms. The summed E-state index contributed by atoms with van der Waals surface area (Å²) in [6.45, 7) is 3.75. The van der Waals surface area contributed by atoms with Crippen LogP contribution in [0.4, 0.5) is 5.69 Å². The van der Waals surface area contributed by atoms with Crippen LogP contribution in [-0.2, 0) is 0 Å². The number of nitrogens with one attached hydrogen (secondary N) is 1. The van der Waals surface area contributed by atoms with Crippen LogP contribution in [0, 0.1) is 19.3 Å². The Balaban J connectivity index is 2.74. The zero-order valence-electron chi connectivity index (χ0n) is 9.58. The van der Waals surface area contributed by atoms with Crippen molar-refractivity contribution in [1.29, 1.82) is 0 Å². The molecule has 1 unspecified atom stereocenters. The molecule has 1 atom stereocenters. The van der Waals surface area contributed by atoms with Crippen molar-refractivity contribution in [2.24, 2.45) is 0 Å². The van der Waals surface area contributed by atoms with Crippen molar-refractivity contribution < 1.29 is 4.79 Å². The Morgan fingerprint density at radius 2 is 2.31 bits per heavy atom. The number of hydrogen-bond donors (Lipinski definition) is 2. The van der Waals surface area contributed by atoms with Crippen LogP contribution < -0.4 is 11.1 Å². The standard InChI is InChI=1S/C13H16N2O/c1-4-5-10(3)15-13(16)11-6-7-12(14)9(2)8-11/h1,6-8,10H,5,14H2,2-3H3,(H,15,16). The fraction of sp³-hybridized carbons (Fsp3) is 0.308. The topological polar surface area (TPSA) is 55.1 Å². The predicted molar refractivity (Wildman–Crippen MR) is 66.0 cm³/mol. The first-order chi connectivity index (χ1) is 7.54. The van der Waals surface area contributed by atoms with E-state index in [2.05, 4.69) is 11.2 Å². The van der Waals surface area contributed by atoms with Crippen LogP contribution in [0.5, 0.6) is 0 Å². The lowest BCUT2D eigenvalue weighted by molar-refractivity contribution is 0.0941. The summed E-state index contributed by atoms with van der Waals surface area (Å²) in [7, 11) is 0. The molecule has 3 N–H and O–H groups in total. The summed E-state index contributed by atoms with van der Waals surface area (Å²) in [6, 6.07) is 5.19. The van der Waals surface area contributed by atoms with Gasteiger partial charge in [0.25, 0.3) is 5.91 Å². The third kappa shape index (κ3) is 3.03. The Morgan fingerprint density at radius 3 is 2.88 bits per heavy atom. The maximum atomic E-state index is 11.8. The predicted octanol–water partition coefficient (Wildman–Crippen LogP) is 1.72. The Labute approximate surface area is 96.0 Å². The quantitative estimate of drug-likeness (QED) is 0.597. The van der Waals surface area contributed by atoms with Gasteiger partial charge in [0.1, 0.15) is 0 Å². The van der Waals surface area contributed by atoms with Gasteiger partial charge in [-0.05, 0) is 37.6 Å². The van der Waals surface area contributed by atoms with E-state index in [0.717, 1.165) is 5.56 Å².